The van der Waals surface area contributed by atoms with Gasteiger partial charge in [-0.2, -0.15) is 5.26 Å². The van der Waals surface area contributed by atoms with Crippen LogP contribution in [0.5, 0.6) is 0 Å². The topological polar surface area (TPSA) is 83.1 Å². The fourth-order valence-electron chi connectivity index (χ4n) is 4.59. The normalized spacial score (nSPS) is 11.1. The molecule has 2 aromatic heterocycles. The van der Waals surface area contributed by atoms with E-state index in [1.54, 1.807) is 18.2 Å². The first-order chi connectivity index (χ1) is 16.9. The Balaban J connectivity index is 1.72. The predicted molar refractivity (Wildman–Crippen MR) is 140 cm³/mol. The number of nitriles is 1. The molecule has 0 radical (unpaired) electrons. The van der Waals surface area contributed by atoms with Crippen LogP contribution < -0.4 is 5.43 Å². The third-order valence-corrected chi connectivity index (χ3v) is 7.67. The Morgan fingerprint density at radius 1 is 1.09 bits per heavy atom. The minimum absolute atomic E-state index is 0.119. The van der Waals surface area contributed by atoms with Gasteiger partial charge in [-0.15, -0.1) is 11.3 Å². The number of carbonyl (C=O) groups is 1. The number of aromatic nitrogens is 1. The number of aromatic carboxylic acids is 1. The van der Waals surface area contributed by atoms with Gasteiger partial charge in [0.1, 0.15) is 4.83 Å². The van der Waals surface area contributed by atoms with Crippen molar-refractivity contribution in [1.29, 1.82) is 5.26 Å². The highest BCUT2D eigenvalue weighted by atomic mass is 32.1. The molecule has 0 aliphatic carbocycles. The van der Waals surface area contributed by atoms with Crippen LogP contribution in [0.1, 0.15) is 38.8 Å². The van der Waals surface area contributed by atoms with E-state index in [0.29, 0.717) is 28.4 Å². The van der Waals surface area contributed by atoms with E-state index in [2.05, 4.69) is 6.07 Å². The molecule has 5 rings (SSSR count). The van der Waals surface area contributed by atoms with Gasteiger partial charge in [-0.1, -0.05) is 55.5 Å². The van der Waals surface area contributed by atoms with E-state index < -0.39 is 5.97 Å². The summed E-state index contributed by atoms with van der Waals surface area (Å²) in [4.78, 5) is 27.5. The first-order valence-electron chi connectivity index (χ1n) is 11.3. The lowest BCUT2D eigenvalue weighted by Crippen LogP contribution is -2.15. The molecule has 0 saturated carbocycles. The highest BCUT2D eigenvalue weighted by Gasteiger charge is 2.21. The fourth-order valence-corrected chi connectivity index (χ4v) is 5.69. The summed E-state index contributed by atoms with van der Waals surface area (Å²) >= 11 is 1.54. The van der Waals surface area contributed by atoms with Gasteiger partial charge in [0.2, 0.25) is 0 Å². The van der Waals surface area contributed by atoms with Gasteiger partial charge in [-0.05, 0) is 53.8 Å². The van der Waals surface area contributed by atoms with Gasteiger partial charge in [0.25, 0.3) is 0 Å². The summed E-state index contributed by atoms with van der Waals surface area (Å²) < 4.78 is 1.98. The van der Waals surface area contributed by atoms with Gasteiger partial charge in [0.05, 0.1) is 33.5 Å². The molecule has 5 nitrogen and oxygen atoms in total. The van der Waals surface area contributed by atoms with Gasteiger partial charge in [0.15, 0.2) is 5.43 Å². The number of hydrogen-bond acceptors (Lipinski definition) is 4. The van der Waals surface area contributed by atoms with Crippen molar-refractivity contribution in [2.24, 2.45) is 0 Å². The van der Waals surface area contributed by atoms with Gasteiger partial charge >= 0.3 is 5.97 Å². The molecule has 0 bridgehead atoms. The molecule has 3 aromatic carbocycles. The number of benzene rings is 3. The standard InChI is InChI=1S/C29H22N2O3S/c1-3-21-14-24-27(32)25-17(2)8-13-23(29(33)34)26(25)31(28(24)35-21)16-18-9-11-19(12-10-18)22-7-5-4-6-20(22)15-30/h4-14H,3,16H2,1-2H3,(H,33,34). The largest absolute Gasteiger partial charge is 0.478 e. The minimum atomic E-state index is -1.06. The molecule has 2 heterocycles. The van der Waals surface area contributed by atoms with Crippen LogP contribution in [0, 0.1) is 18.3 Å². The van der Waals surface area contributed by atoms with Crippen LogP contribution in [-0.4, -0.2) is 15.6 Å². The number of pyridine rings is 1. The van der Waals surface area contributed by atoms with Crippen molar-refractivity contribution < 1.29 is 9.90 Å². The van der Waals surface area contributed by atoms with Crippen LogP contribution >= 0.6 is 11.3 Å². The van der Waals surface area contributed by atoms with E-state index in [1.807, 2.05) is 66.9 Å². The molecule has 0 unspecified atom stereocenters. The van der Waals surface area contributed by atoms with Crippen LogP contribution in [0.25, 0.3) is 32.2 Å². The molecular formula is C29H22N2O3S. The average Bonchev–Trinajstić information content (AvgIpc) is 3.31. The SMILES string of the molecule is CCc1cc2c(=O)c3c(C)ccc(C(=O)O)c3n(Cc3ccc(-c4ccccc4C#N)cc3)c2s1. The molecule has 0 aliphatic heterocycles. The second-order valence-electron chi connectivity index (χ2n) is 8.51. The summed E-state index contributed by atoms with van der Waals surface area (Å²) in [5, 5.41) is 20.5. The second-order valence-corrected chi connectivity index (χ2v) is 9.63. The number of carboxylic acids is 1. The lowest BCUT2D eigenvalue weighted by Gasteiger charge is -2.16. The number of hydrogen-bond donors (Lipinski definition) is 1. The maximum atomic E-state index is 13.5. The lowest BCUT2D eigenvalue weighted by molar-refractivity contribution is 0.0698. The highest BCUT2D eigenvalue weighted by molar-refractivity contribution is 7.18. The molecule has 35 heavy (non-hydrogen) atoms. The number of nitrogens with zero attached hydrogens (tertiary/aromatic N) is 2. The summed E-state index contributed by atoms with van der Waals surface area (Å²) in [5.74, 6) is -1.06. The number of carboxylic acid groups (broad SMARTS) is 1. The smallest absolute Gasteiger partial charge is 0.337 e. The van der Waals surface area contributed by atoms with Crippen molar-refractivity contribution in [3.8, 4) is 17.2 Å². The van der Waals surface area contributed by atoms with Crippen molar-refractivity contribution in [3.05, 3.63) is 104 Å². The first-order valence-corrected chi connectivity index (χ1v) is 12.1. The molecule has 0 atom stereocenters. The molecule has 5 aromatic rings. The number of fused-ring (bicyclic) bond motifs is 2. The maximum Gasteiger partial charge on any atom is 0.337 e. The van der Waals surface area contributed by atoms with E-state index in [1.165, 1.54) is 11.3 Å². The molecule has 1 N–H and O–H groups in total. The van der Waals surface area contributed by atoms with Crippen LogP contribution in [0.15, 0.2) is 71.5 Å². The van der Waals surface area contributed by atoms with E-state index in [4.69, 9.17) is 0 Å². The summed E-state index contributed by atoms with van der Waals surface area (Å²) in [6.45, 7) is 4.31. The van der Waals surface area contributed by atoms with Gasteiger partial charge in [-0.25, -0.2) is 4.79 Å². The Hall–Kier alpha value is -4.21. The van der Waals surface area contributed by atoms with Gasteiger partial charge in [-0.3, -0.25) is 4.79 Å². The molecule has 0 fully saturated rings. The van der Waals surface area contributed by atoms with E-state index in [-0.39, 0.29) is 11.0 Å². The predicted octanol–water partition coefficient (Wildman–Crippen LogP) is 6.37. The number of aryl methyl sites for hydroxylation is 2. The van der Waals surface area contributed by atoms with Crippen molar-refractivity contribution in [2.75, 3.05) is 0 Å². The van der Waals surface area contributed by atoms with Crippen molar-refractivity contribution in [2.45, 2.75) is 26.8 Å². The fraction of sp³-hybridized carbons (Fsp3) is 0.138. The Morgan fingerprint density at radius 3 is 2.51 bits per heavy atom. The first kappa shape index (κ1) is 22.6. The Bertz CT molecular complexity index is 1720. The van der Waals surface area contributed by atoms with Crippen molar-refractivity contribution in [1.82, 2.24) is 4.57 Å². The Labute approximate surface area is 206 Å². The molecule has 172 valence electrons. The zero-order chi connectivity index (χ0) is 24.7. The third-order valence-electron chi connectivity index (χ3n) is 6.37. The monoisotopic (exact) mass is 478 g/mol. The summed E-state index contributed by atoms with van der Waals surface area (Å²) in [7, 11) is 0. The van der Waals surface area contributed by atoms with Crippen LogP contribution in [0.2, 0.25) is 0 Å². The van der Waals surface area contributed by atoms with E-state index in [0.717, 1.165) is 38.4 Å². The lowest BCUT2D eigenvalue weighted by atomic mass is 9.99. The zero-order valence-electron chi connectivity index (χ0n) is 19.3. The van der Waals surface area contributed by atoms with Gasteiger partial charge in [0, 0.05) is 11.4 Å². The van der Waals surface area contributed by atoms with E-state index in [9.17, 15) is 20.0 Å². The molecule has 0 spiro atoms. The molecule has 0 saturated heterocycles. The Kier molecular flexibility index (Phi) is 5.72. The Morgan fingerprint density at radius 2 is 1.83 bits per heavy atom. The molecular weight excluding hydrogens is 456 g/mol. The second kappa shape index (κ2) is 8.86. The highest BCUT2D eigenvalue weighted by Crippen LogP contribution is 2.32. The van der Waals surface area contributed by atoms with Crippen molar-refractivity contribution in [3.63, 3.8) is 0 Å². The summed E-state index contributed by atoms with van der Waals surface area (Å²) in [6, 6.07) is 22.9. The quantitative estimate of drug-likeness (QED) is 0.318. The number of thiophene rings is 1. The maximum absolute atomic E-state index is 13.5. The average molecular weight is 479 g/mol. The van der Waals surface area contributed by atoms with Gasteiger partial charge < -0.3 is 9.67 Å². The number of rotatable bonds is 5. The molecule has 6 heteroatoms. The van der Waals surface area contributed by atoms with Crippen molar-refractivity contribution >= 4 is 38.4 Å². The van der Waals surface area contributed by atoms with E-state index >= 15 is 0 Å². The van der Waals surface area contributed by atoms with Crippen LogP contribution in [0.4, 0.5) is 0 Å². The zero-order valence-corrected chi connectivity index (χ0v) is 20.1. The molecule has 0 aliphatic rings. The molecule has 0 amide bonds. The van der Waals surface area contributed by atoms with Crippen LogP contribution in [0.3, 0.4) is 0 Å². The summed E-state index contributed by atoms with van der Waals surface area (Å²) in [6.07, 6.45) is 0.799. The minimum Gasteiger partial charge on any atom is -0.478 e. The summed E-state index contributed by atoms with van der Waals surface area (Å²) in [5.41, 5.74) is 4.61. The third kappa shape index (κ3) is 3.80. The van der Waals surface area contributed by atoms with Crippen LogP contribution in [-0.2, 0) is 13.0 Å².